The van der Waals surface area contributed by atoms with Gasteiger partial charge in [0.1, 0.15) is 5.82 Å². The SMILES string of the molecule is CCN(CC)CCCNc1nc(-c2ccc(S(C)(=O)=O)cc2)nc2ccccc12. The van der Waals surface area contributed by atoms with E-state index >= 15 is 0 Å². The van der Waals surface area contributed by atoms with Crippen LogP contribution in [0.2, 0.25) is 0 Å². The van der Waals surface area contributed by atoms with E-state index in [2.05, 4.69) is 29.0 Å². The topological polar surface area (TPSA) is 75.2 Å². The Balaban J connectivity index is 1.86. The van der Waals surface area contributed by atoms with Crippen molar-refractivity contribution < 1.29 is 8.42 Å². The molecule has 3 rings (SSSR count). The molecule has 0 aliphatic carbocycles. The van der Waals surface area contributed by atoms with Gasteiger partial charge in [0.2, 0.25) is 0 Å². The summed E-state index contributed by atoms with van der Waals surface area (Å²) in [7, 11) is -3.23. The molecular formula is C22H28N4O2S. The zero-order valence-electron chi connectivity index (χ0n) is 17.2. The van der Waals surface area contributed by atoms with Gasteiger partial charge in [-0.2, -0.15) is 0 Å². The number of fused-ring (bicyclic) bond motifs is 1. The summed E-state index contributed by atoms with van der Waals surface area (Å²) in [6, 6.07) is 14.6. The lowest BCUT2D eigenvalue weighted by molar-refractivity contribution is 0.303. The molecule has 0 aliphatic heterocycles. The fraction of sp³-hybridized carbons (Fsp3) is 0.364. The van der Waals surface area contributed by atoms with Crippen LogP contribution in [0, 0.1) is 0 Å². The van der Waals surface area contributed by atoms with Gasteiger partial charge in [-0.05, 0) is 62.5 Å². The van der Waals surface area contributed by atoms with Crippen molar-refractivity contribution in [2.24, 2.45) is 0 Å². The Morgan fingerprint density at radius 3 is 2.31 bits per heavy atom. The van der Waals surface area contributed by atoms with E-state index in [0.717, 1.165) is 54.9 Å². The molecule has 0 unspecified atom stereocenters. The number of sulfone groups is 1. The van der Waals surface area contributed by atoms with E-state index in [4.69, 9.17) is 4.98 Å². The molecule has 29 heavy (non-hydrogen) atoms. The first kappa shape index (κ1) is 21.2. The smallest absolute Gasteiger partial charge is 0.175 e. The lowest BCUT2D eigenvalue weighted by Crippen LogP contribution is -2.25. The molecule has 0 saturated heterocycles. The summed E-state index contributed by atoms with van der Waals surface area (Å²) >= 11 is 0. The van der Waals surface area contributed by atoms with Gasteiger partial charge in [0.25, 0.3) is 0 Å². The van der Waals surface area contributed by atoms with Crippen molar-refractivity contribution in [3.05, 3.63) is 48.5 Å². The van der Waals surface area contributed by atoms with Crippen molar-refractivity contribution in [3.8, 4) is 11.4 Å². The van der Waals surface area contributed by atoms with Crippen LogP contribution in [0.1, 0.15) is 20.3 Å². The van der Waals surface area contributed by atoms with Crippen LogP contribution in [0.25, 0.3) is 22.3 Å². The molecule has 0 saturated carbocycles. The molecule has 0 amide bonds. The standard InChI is InChI=1S/C22H28N4O2S/c1-4-26(5-2)16-8-15-23-22-19-9-6-7-10-20(19)24-21(25-22)17-11-13-18(14-12-17)29(3,27)28/h6-7,9-14H,4-5,8,15-16H2,1-3H3,(H,23,24,25). The fourth-order valence-electron chi connectivity index (χ4n) is 3.24. The minimum absolute atomic E-state index is 0.289. The maximum absolute atomic E-state index is 11.7. The molecule has 0 spiro atoms. The first-order valence-corrected chi connectivity index (χ1v) is 11.8. The van der Waals surface area contributed by atoms with Gasteiger partial charge in [-0.1, -0.05) is 26.0 Å². The van der Waals surface area contributed by atoms with Crippen molar-refractivity contribution in [2.45, 2.75) is 25.2 Å². The summed E-state index contributed by atoms with van der Waals surface area (Å²) in [6.45, 7) is 8.33. The molecular weight excluding hydrogens is 384 g/mol. The Bertz CT molecular complexity index is 1060. The minimum atomic E-state index is -3.23. The predicted octanol–water partition coefficient (Wildman–Crippen LogP) is 3.84. The van der Waals surface area contributed by atoms with Crippen LogP contribution in [0.5, 0.6) is 0 Å². The van der Waals surface area contributed by atoms with Crippen LogP contribution in [0.4, 0.5) is 5.82 Å². The van der Waals surface area contributed by atoms with Crippen LogP contribution < -0.4 is 5.32 Å². The molecule has 0 fully saturated rings. The second kappa shape index (κ2) is 9.33. The zero-order chi connectivity index (χ0) is 20.9. The Morgan fingerprint density at radius 2 is 1.66 bits per heavy atom. The zero-order valence-corrected chi connectivity index (χ0v) is 18.0. The maximum atomic E-state index is 11.7. The lowest BCUT2D eigenvalue weighted by atomic mass is 10.2. The van der Waals surface area contributed by atoms with Crippen LogP contribution in [-0.4, -0.2) is 55.7 Å². The van der Waals surface area contributed by atoms with Gasteiger partial charge in [0.05, 0.1) is 10.4 Å². The Labute approximate surface area is 172 Å². The molecule has 2 aromatic carbocycles. The molecule has 7 heteroatoms. The second-order valence-corrected chi connectivity index (χ2v) is 9.03. The molecule has 1 aromatic heterocycles. The normalized spacial score (nSPS) is 11.9. The van der Waals surface area contributed by atoms with Gasteiger partial charge in [0.15, 0.2) is 15.7 Å². The van der Waals surface area contributed by atoms with Crippen molar-refractivity contribution in [2.75, 3.05) is 37.8 Å². The first-order chi connectivity index (χ1) is 13.9. The molecule has 0 bridgehead atoms. The van der Waals surface area contributed by atoms with Crippen molar-refractivity contribution >= 4 is 26.6 Å². The molecule has 0 atom stereocenters. The highest BCUT2D eigenvalue weighted by Gasteiger charge is 2.11. The number of benzene rings is 2. The number of para-hydroxylation sites is 1. The van der Waals surface area contributed by atoms with E-state index in [0.29, 0.717) is 5.82 Å². The summed E-state index contributed by atoms with van der Waals surface area (Å²) in [6.07, 6.45) is 2.23. The third-order valence-corrected chi connectivity index (χ3v) is 6.11. The number of anilines is 1. The van der Waals surface area contributed by atoms with Gasteiger partial charge in [-0.15, -0.1) is 0 Å². The fourth-order valence-corrected chi connectivity index (χ4v) is 3.87. The first-order valence-electron chi connectivity index (χ1n) is 9.96. The Kier molecular flexibility index (Phi) is 6.82. The highest BCUT2D eigenvalue weighted by atomic mass is 32.2. The maximum Gasteiger partial charge on any atom is 0.175 e. The Morgan fingerprint density at radius 1 is 0.966 bits per heavy atom. The average molecular weight is 413 g/mol. The molecule has 1 N–H and O–H groups in total. The summed E-state index contributed by atoms with van der Waals surface area (Å²) < 4.78 is 23.4. The highest BCUT2D eigenvalue weighted by Crippen LogP contribution is 2.25. The Hall–Kier alpha value is -2.51. The van der Waals surface area contributed by atoms with Crippen molar-refractivity contribution in [1.29, 1.82) is 0 Å². The largest absolute Gasteiger partial charge is 0.369 e. The van der Waals surface area contributed by atoms with E-state index < -0.39 is 9.84 Å². The van der Waals surface area contributed by atoms with E-state index in [1.807, 2.05) is 24.3 Å². The number of hydrogen-bond donors (Lipinski definition) is 1. The third kappa shape index (κ3) is 5.31. The summed E-state index contributed by atoms with van der Waals surface area (Å²) in [5.41, 5.74) is 1.64. The molecule has 0 radical (unpaired) electrons. The van der Waals surface area contributed by atoms with Crippen LogP contribution in [0.15, 0.2) is 53.4 Å². The number of nitrogens with one attached hydrogen (secondary N) is 1. The molecule has 1 heterocycles. The van der Waals surface area contributed by atoms with Crippen molar-refractivity contribution in [3.63, 3.8) is 0 Å². The van der Waals surface area contributed by atoms with Crippen LogP contribution in [0.3, 0.4) is 0 Å². The van der Waals surface area contributed by atoms with Gasteiger partial charge >= 0.3 is 0 Å². The lowest BCUT2D eigenvalue weighted by Gasteiger charge is -2.18. The van der Waals surface area contributed by atoms with Gasteiger partial charge in [-0.25, -0.2) is 18.4 Å². The average Bonchev–Trinajstić information content (AvgIpc) is 2.73. The minimum Gasteiger partial charge on any atom is -0.369 e. The summed E-state index contributed by atoms with van der Waals surface area (Å²) in [4.78, 5) is 12.1. The molecule has 154 valence electrons. The van der Waals surface area contributed by atoms with Crippen molar-refractivity contribution in [1.82, 2.24) is 14.9 Å². The monoisotopic (exact) mass is 412 g/mol. The van der Waals surface area contributed by atoms with Gasteiger partial charge in [-0.3, -0.25) is 0 Å². The number of hydrogen-bond acceptors (Lipinski definition) is 6. The number of aromatic nitrogens is 2. The van der Waals surface area contributed by atoms with E-state index in [1.54, 1.807) is 24.3 Å². The molecule has 0 aliphatic rings. The van der Waals surface area contributed by atoms with E-state index in [-0.39, 0.29) is 4.90 Å². The number of rotatable bonds is 9. The van der Waals surface area contributed by atoms with Gasteiger partial charge in [0, 0.05) is 23.8 Å². The highest BCUT2D eigenvalue weighted by molar-refractivity contribution is 7.90. The predicted molar refractivity (Wildman–Crippen MR) is 119 cm³/mol. The molecule has 6 nitrogen and oxygen atoms in total. The quantitative estimate of drug-likeness (QED) is 0.538. The van der Waals surface area contributed by atoms with Crippen LogP contribution in [-0.2, 0) is 9.84 Å². The van der Waals surface area contributed by atoms with Crippen LogP contribution >= 0.6 is 0 Å². The summed E-state index contributed by atoms with van der Waals surface area (Å²) in [5, 5.41) is 4.44. The van der Waals surface area contributed by atoms with E-state index in [9.17, 15) is 8.42 Å². The van der Waals surface area contributed by atoms with Gasteiger partial charge < -0.3 is 10.2 Å². The van der Waals surface area contributed by atoms with E-state index in [1.165, 1.54) is 6.26 Å². The summed E-state index contributed by atoms with van der Waals surface area (Å²) in [5.74, 6) is 1.38. The number of nitrogens with zero attached hydrogens (tertiary/aromatic N) is 3. The third-order valence-electron chi connectivity index (χ3n) is 4.98. The second-order valence-electron chi connectivity index (χ2n) is 7.02. The molecule has 3 aromatic rings.